The third kappa shape index (κ3) is 3.30. The molecule has 0 spiro atoms. The summed E-state index contributed by atoms with van der Waals surface area (Å²) in [5.74, 6) is 0.950. The summed E-state index contributed by atoms with van der Waals surface area (Å²) in [7, 11) is 2.16. The molecule has 140 valence electrons. The van der Waals surface area contributed by atoms with Gasteiger partial charge in [0.05, 0.1) is 10.4 Å². The van der Waals surface area contributed by atoms with Crippen LogP contribution in [0.15, 0.2) is 45.6 Å². The molecular weight excluding hydrogens is 358 g/mol. The molecule has 0 bridgehead atoms. The van der Waals surface area contributed by atoms with Crippen molar-refractivity contribution in [3.05, 3.63) is 68.3 Å². The molecular formula is C23H24ClNO2. The fraction of sp³-hybridized carbons (Fsp3) is 0.348. The number of aryl methyl sites for hydroxylation is 2. The summed E-state index contributed by atoms with van der Waals surface area (Å²) in [6, 6.07) is 11.2. The first kappa shape index (κ1) is 18.3. The molecule has 3 nitrogen and oxygen atoms in total. The first-order valence-electron chi connectivity index (χ1n) is 9.47. The van der Waals surface area contributed by atoms with Gasteiger partial charge in [0.1, 0.15) is 11.3 Å². The van der Waals surface area contributed by atoms with Crippen LogP contribution in [0.5, 0.6) is 0 Å². The molecule has 0 aliphatic carbocycles. The number of piperidine rings is 1. The van der Waals surface area contributed by atoms with Crippen LogP contribution in [0.2, 0.25) is 5.02 Å². The number of hydrogen-bond donors (Lipinski definition) is 0. The van der Waals surface area contributed by atoms with Gasteiger partial charge in [-0.25, -0.2) is 0 Å². The molecule has 0 N–H and O–H groups in total. The van der Waals surface area contributed by atoms with Gasteiger partial charge in [0, 0.05) is 17.2 Å². The Bertz CT molecular complexity index is 1060. The van der Waals surface area contributed by atoms with E-state index in [2.05, 4.69) is 24.9 Å². The van der Waals surface area contributed by atoms with Crippen molar-refractivity contribution in [3.63, 3.8) is 0 Å². The molecule has 4 rings (SSSR count). The van der Waals surface area contributed by atoms with Gasteiger partial charge >= 0.3 is 0 Å². The molecule has 1 aliphatic rings. The minimum Gasteiger partial charge on any atom is -0.455 e. The lowest BCUT2D eigenvalue weighted by molar-refractivity contribution is 0.255. The average Bonchev–Trinajstić information content (AvgIpc) is 2.63. The van der Waals surface area contributed by atoms with E-state index in [0.717, 1.165) is 42.6 Å². The van der Waals surface area contributed by atoms with Crippen LogP contribution in [0, 0.1) is 13.8 Å². The third-order valence-corrected chi connectivity index (χ3v) is 6.04. The number of halogens is 1. The lowest BCUT2D eigenvalue weighted by Crippen LogP contribution is -2.29. The molecule has 1 aromatic heterocycles. The van der Waals surface area contributed by atoms with Crippen LogP contribution in [0.25, 0.3) is 22.3 Å². The van der Waals surface area contributed by atoms with Crippen LogP contribution in [0.3, 0.4) is 0 Å². The largest absolute Gasteiger partial charge is 0.455 e. The van der Waals surface area contributed by atoms with Crippen molar-refractivity contribution < 1.29 is 4.42 Å². The maximum absolute atomic E-state index is 13.0. The molecule has 1 aliphatic heterocycles. The van der Waals surface area contributed by atoms with Gasteiger partial charge in [-0.15, -0.1) is 0 Å². The van der Waals surface area contributed by atoms with Crippen molar-refractivity contribution in [2.45, 2.75) is 32.6 Å². The highest BCUT2D eigenvalue weighted by atomic mass is 35.5. The van der Waals surface area contributed by atoms with Crippen LogP contribution in [0.4, 0.5) is 0 Å². The summed E-state index contributed by atoms with van der Waals surface area (Å²) >= 11 is 6.36. The lowest BCUT2D eigenvalue weighted by Gasteiger charge is -2.30. The van der Waals surface area contributed by atoms with Gasteiger partial charge in [-0.3, -0.25) is 4.79 Å². The Morgan fingerprint density at radius 3 is 2.48 bits per heavy atom. The predicted octanol–water partition coefficient (Wildman–Crippen LogP) is 5.54. The van der Waals surface area contributed by atoms with Crippen molar-refractivity contribution in [3.8, 4) is 11.3 Å². The van der Waals surface area contributed by atoms with Gasteiger partial charge in [0.15, 0.2) is 5.43 Å². The number of likely N-dealkylation sites (tertiary alicyclic amines) is 1. The fourth-order valence-corrected chi connectivity index (χ4v) is 4.54. The Morgan fingerprint density at radius 1 is 1.07 bits per heavy atom. The minimum atomic E-state index is -0.00199. The summed E-state index contributed by atoms with van der Waals surface area (Å²) in [4.78, 5) is 15.3. The number of nitrogens with zero attached hydrogens (tertiary/aromatic N) is 1. The molecule has 2 heterocycles. The van der Waals surface area contributed by atoms with Crippen molar-refractivity contribution >= 4 is 22.6 Å². The fourth-order valence-electron chi connectivity index (χ4n) is 4.31. The quantitative estimate of drug-likeness (QED) is 0.584. The zero-order valence-corrected chi connectivity index (χ0v) is 16.8. The molecule has 0 radical (unpaired) electrons. The van der Waals surface area contributed by atoms with Crippen molar-refractivity contribution in [2.75, 3.05) is 20.1 Å². The molecule has 0 atom stereocenters. The predicted molar refractivity (Wildman–Crippen MR) is 112 cm³/mol. The van der Waals surface area contributed by atoms with Gasteiger partial charge in [-0.05, 0) is 76.0 Å². The Hall–Kier alpha value is -2.10. The molecule has 1 saturated heterocycles. The smallest absolute Gasteiger partial charge is 0.193 e. The van der Waals surface area contributed by atoms with Gasteiger partial charge in [-0.2, -0.15) is 0 Å². The van der Waals surface area contributed by atoms with Crippen molar-refractivity contribution in [2.24, 2.45) is 0 Å². The van der Waals surface area contributed by atoms with Crippen LogP contribution >= 0.6 is 11.6 Å². The van der Waals surface area contributed by atoms with E-state index in [-0.39, 0.29) is 5.43 Å². The summed E-state index contributed by atoms with van der Waals surface area (Å²) in [5, 5.41) is 1.29. The van der Waals surface area contributed by atoms with Crippen LogP contribution < -0.4 is 5.43 Å². The van der Waals surface area contributed by atoms with Gasteiger partial charge in [0.2, 0.25) is 0 Å². The van der Waals surface area contributed by atoms with E-state index >= 15 is 0 Å². The second kappa shape index (κ2) is 7.14. The number of hydrogen-bond acceptors (Lipinski definition) is 3. The number of rotatable bonds is 2. The van der Waals surface area contributed by atoms with Crippen molar-refractivity contribution in [1.29, 1.82) is 0 Å². The molecule has 4 heteroatoms. The summed E-state index contributed by atoms with van der Waals surface area (Å²) in [5.41, 5.74) is 4.86. The Balaban J connectivity index is 1.98. The SMILES string of the molecule is Cc1cc(C)c2c(=O)cc(-c3ccccc3Cl)oc2c1C1CCN(C)CC1. The van der Waals surface area contributed by atoms with E-state index in [0.29, 0.717) is 22.1 Å². The van der Waals surface area contributed by atoms with Gasteiger partial charge in [0.25, 0.3) is 0 Å². The number of fused-ring (bicyclic) bond motifs is 1. The van der Waals surface area contributed by atoms with Crippen LogP contribution in [-0.4, -0.2) is 25.0 Å². The molecule has 2 aromatic carbocycles. The monoisotopic (exact) mass is 381 g/mol. The Kier molecular flexibility index (Phi) is 4.83. The van der Waals surface area contributed by atoms with E-state index in [1.807, 2.05) is 31.2 Å². The standard InChI is InChI=1S/C23H24ClNO2/c1-14-12-15(2)22-19(26)13-20(17-6-4-5-7-18(17)24)27-23(22)21(14)16-8-10-25(3)11-9-16/h4-7,12-13,16H,8-11H2,1-3H3. The molecule has 0 saturated carbocycles. The Labute approximate surface area is 164 Å². The first-order valence-corrected chi connectivity index (χ1v) is 9.85. The highest BCUT2D eigenvalue weighted by molar-refractivity contribution is 6.33. The normalized spacial score (nSPS) is 16.1. The third-order valence-electron chi connectivity index (χ3n) is 5.71. The minimum absolute atomic E-state index is 0.00199. The van der Waals surface area contributed by atoms with Crippen LogP contribution in [0.1, 0.15) is 35.4 Å². The van der Waals surface area contributed by atoms with Crippen molar-refractivity contribution in [1.82, 2.24) is 4.90 Å². The molecule has 0 unspecified atom stereocenters. The van der Waals surface area contributed by atoms with Crippen LogP contribution in [-0.2, 0) is 0 Å². The molecule has 27 heavy (non-hydrogen) atoms. The summed E-state index contributed by atoms with van der Waals surface area (Å²) < 4.78 is 6.38. The molecule has 0 amide bonds. The topological polar surface area (TPSA) is 33.5 Å². The first-order chi connectivity index (χ1) is 13.0. The van der Waals surface area contributed by atoms with E-state index in [4.69, 9.17) is 16.0 Å². The zero-order chi connectivity index (χ0) is 19.1. The second-order valence-electron chi connectivity index (χ2n) is 7.66. The second-order valence-corrected chi connectivity index (χ2v) is 8.07. The highest BCUT2D eigenvalue weighted by Crippen LogP contribution is 2.38. The molecule has 1 fully saturated rings. The average molecular weight is 382 g/mol. The van der Waals surface area contributed by atoms with E-state index < -0.39 is 0 Å². The van der Waals surface area contributed by atoms with E-state index in [9.17, 15) is 4.79 Å². The maximum Gasteiger partial charge on any atom is 0.193 e. The number of benzene rings is 2. The van der Waals surface area contributed by atoms with Gasteiger partial charge < -0.3 is 9.32 Å². The van der Waals surface area contributed by atoms with E-state index in [1.54, 1.807) is 6.07 Å². The van der Waals surface area contributed by atoms with E-state index in [1.165, 1.54) is 11.1 Å². The summed E-state index contributed by atoms with van der Waals surface area (Å²) in [6.45, 7) is 6.24. The zero-order valence-electron chi connectivity index (χ0n) is 16.0. The highest BCUT2D eigenvalue weighted by Gasteiger charge is 2.25. The lowest BCUT2D eigenvalue weighted by atomic mass is 9.84. The maximum atomic E-state index is 13.0. The summed E-state index contributed by atoms with van der Waals surface area (Å²) in [6.07, 6.45) is 2.16. The van der Waals surface area contributed by atoms with Gasteiger partial charge in [-0.1, -0.05) is 29.8 Å². The molecule has 3 aromatic rings. The Morgan fingerprint density at radius 2 is 1.78 bits per heavy atom.